The molecular weight excluding hydrogens is 218 g/mol. The third kappa shape index (κ3) is 3.39. The minimum atomic E-state index is 0.545. The Bertz CT molecular complexity index is 247. The molecule has 0 spiro atoms. The molecule has 0 bridgehead atoms. The van der Waals surface area contributed by atoms with Crippen molar-refractivity contribution in [1.29, 1.82) is 0 Å². The number of nitrogens with one attached hydrogen (secondary N) is 1. The van der Waals surface area contributed by atoms with Gasteiger partial charge >= 0.3 is 0 Å². The molecular formula is C12H23N3S. The van der Waals surface area contributed by atoms with Crippen molar-refractivity contribution in [3.63, 3.8) is 0 Å². The van der Waals surface area contributed by atoms with Gasteiger partial charge in [-0.05, 0) is 46.3 Å². The van der Waals surface area contributed by atoms with E-state index in [0.29, 0.717) is 17.3 Å². The highest BCUT2D eigenvalue weighted by atomic mass is 32.2. The monoisotopic (exact) mass is 241 g/mol. The molecule has 3 nitrogen and oxygen atoms in total. The molecule has 16 heavy (non-hydrogen) atoms. The second-order valence-electron chi connectivity index (χ2n) is 5.18. The number of aliphatic imine (C=N–C) groups is 1. The van der Waals surface area contributed by atoms with Crippen molar-refractivity contribution < 1.29 is 0 Å². The summed E-state index contributed by atoms with van der Waals surface area (Å²) in [5.41, 5.74) is 0. The molecule has 92 valence electrons. The second-order valence-corrected chi connectivity index (χ2v) is 6.61. The summed E-state index contributed by atoms with van der Waals surface area (Å²) in [4.78, 5) is 7.26. The van der Waals surface area contributed by atoms with Crippen molar-refractivity contribution in [1.82, 2.24) is 10.2 Å². The van der Waals surface area contributed by atoms with Crippen LogP contribution in [0.2, 0.25) is 0 Å². The third-order valence-corrected chi connectivity index (χ3v) is 4.40. The highest BCUT2D eigenvalue weighted by Crippen LogP contribution is 2.24. The van der Waals surface area contributed by atoms with Crippen LogP contribution in [0.4, 0.5) is 0 Å². The van der Waals surface area contributed by atoms with E-state index in [1.807, 2.05) is 11.8 Å². The predicted octanol–water partition coefficient (Wildman–Crippen LogP) is 1.94. The smallest absolute Gasteiger partial charge is 0.157 e. The summed E-state index contributed by atoms with van der Waals surface area (Å²) in [7, 11) is 2.20. The number of thioether (sulfide) groups is 1. The summed E-state index contributed by atoms with van der Waals surface area (Å²) >= 11 is 1.91. The Balaban J connectivity index is 1.90. The lowest BCUT2D eigenvalue weighted by Gasteiger charge is -2.30. The number of amidine groups is 1. The van der Waals surface area contributed by atoms with E-state index in [1.54, 1.807) is 0 Å². The van der Waals surface area contributed by atoms with Crippen LogP contribution in [0.5, 0.6) is 0 Å². The number of likely N-dealkylation sites (tertiary alicyclic amines) is 1. The zero-order chi connectivity index (χ0) is 11.5. The Labute approximate surface area is 103 Å². The summed E-state index contributed by atoms with van der Waals surface area (Å²) in [6.45, 7) is 6.93. The van der Waals surface area contributed by atoms with Gasteiger partial charge in [-0.25, -0.2) is 0 Å². The molecule has 0 aromatic rings. The maximum atomic E-state index is 4.87. The second kappa shape index (κ2) is 5.41. The highest BCUT2D eigenvalue weighted by Gasteiger charge is 2.22. The molecule has 0 aliphatic carbocycles. The summed E-state index contributed by atoms with van der Waals surface area (Å²) in [6, 6.07) is 1.13. The number of hydrogen-bond donors (Lipinski definition) is 1. The van der Waals surface area contributed by atoms with Gasteiger partial charge in [-0.2, -0.15) is 0 Å². The first-order valence-electron chi connectivity index (χ1n) is 6.33. The van der Waals surface area contributed by atoms with Gasteiger partial charge in [-0.3, -0.25) is 4.99 Å². The van der Waals surface area contributed by atoms with E-state index in [1.165, 1.54) is 37.5 Å². The lowest BCUT2D eigenvalue weighted by Crippen LogP contribution is -2.40. The molecule has 2 unspecified atom stereocenters. The third-order valence-electron chi connectivity index (χ3n) is 3.36. The van der Waals surface area contributed by atoms with Crippen molar-refractivity contribution in [2.75, 3.05) is 20.1 Å². The Morgan fingerprint density at radius 2 is 2.00 bits per heavy atom. The van der Waals surface area contributed by atoms with Crippen molar-refractivity contribution in [2.24, 2.45) is 4.99 Å². The van der Waals surface area contributed by atoms with E-state index in [9.17, 15) is 0 Å². The molecule has 2 atom stereocenters. The van der Waals surface area contributed by atoms with Gasteiger partial charge in [0.25, 0.3) is 0 Å². The Hall–Kier alpha value is -0.220. The maximum Gasteiger partial charge on any atom is 0.157 e. The van der Waals surface area contributed by atoms with Crippen LogP contribution < -0.4 is 5.32 Å². The van der Waals surface area contributed by atoms with Gasteiger partial charge in [0, 0.05) is 11.3 Å². The van der Waals surface area contributed by atoms with Crippen molar-refractivity contribution >= 4 is 16.9 Å². The fourth-order valence-electron chi connectivity index (χ4n) is 2.40. The predicted molar refractivity (Wildman–Crippen MR) is 72.2 cm³/mol. The van der Waals surface area contributed by atoms with E-state index in [0.717, 1.165) is 0 Å². The summed E-state index contributed by atoms with van der Waals surface area (Å²) in [5, 5.41) is 5.40. The van der Waals surface area contributed by atoms with Gasteiger partial charge in [0.2, 0.25) is 0 Å². The standard InChI is InChI=1S/C12H23N3S/c1-9-8-10(2)16-12(13-9)14-11-4-6-15(3)7-5-11/h9-11H,4-8H2,1-3H3,(H,13,14). The summed E-state index contributed by atoms with van der Waals surface area (Å²) in [5.74, 6) is 0. The zero-order valence-electron chi connectivity index (χ0n) is 10.6. The molecule has 4 heteroatoms. The molecule has 0 amide bonds. The van der Waals surface area contributed by atoms with E-state index < -0.39 is 0 Å². The van der Waals surface area contributed by atoms with E-state index in [4.69, 9.17) is 4.99 Å². The van der Waals surface area contributed by atoms with Crippen LogP contribution in [0, 0.1) is 0 Å². The Morgan fingerprint density at radius 3 is 2.62 bits per heavy atom. The van der Waals surface area contributed by atoms with Crippen molar-refractivity contribution in [3.8, 4) is 0 Å². The molecule has 0 aromatic carbocycles. The average molecular weight is 241 g/mol. The topological polar surface area (TPSA) is 27.6 Å². The quantitative estimate of drug-likeness (QED) is 0.760. The van der Waals surface area contributed by atoms with Crippen LogP contribution in [-0.2, 0) is 0 Å². The molecule has 2 aliphatic rings. The maximum absolute atomic E-state index is 4.87. The largest absolute Gasteiger partial charge is 0.362 e. The van der Waals surface area contributed by atoms with Crippen LogP contribution in [0.1, 0.15) is 33.1 Å². The first-order chi connectivity index (χ1) is 7.63. The van der Waals surface area contributed by atoms with Crippen molar-refractivity contribution in [2.45, 2.75) is 50.4 Å². The molecule has 2 heterocycles. The van der Waals surface area contributed by atoms with E-state index in [2.05, 4.69) is 31.1 Å². The van der Waals surface area contributed by atoms with Crippen LogP contribution in [0.15, 0.2) is 4.99 Å². The van der Waals surface area contributed by atoms with Crippen LogP contribution >= 0.6 is 11.8 Å². The van der Waals surface area contributed by atoms with Gasteiger partial charge in [-0.15, -0.1) is 0 Å². The highest BCUT2D eigenvalue weighted by molar-refractivity contribution is 8.14. The molecule has 2 rings (SSSR count). The van der Waals surface area contributed by atoms with Crippen LogP contribution in [-0.4, -0.2) is 47.5 Å². The number of nitrogens with zero attached hydrogens (tertiary/aromatic N) is 2. The van der Waals surface area contributed by atoms with Crippen LogP contribution in [0.3, 0.4) is 0 Å². The molecule has 0 saturated carbocycles. The van der Waals surface area contributed by atoms with E-state index >= 15 is 0 Å². The molecule has 2 aliphatic heterocycles. The minimum absolute atomic E-state index is 0.545. The lowest BCUT2D eigenvalue weighted by atomic mass is 10.1. The average Bonchev–Trinajstić information content (AvgIpc) is 2.20. The van der Waals surface area contributed by atoms with Gasteiger partial charge in [-0.1, -0.05) is 18.7 Å². The zero-order valence-corrected chi connectivity index (χ0v) is 11.4. The van der Waals surface area contributed by atoms with Gasteiger partial charge in [0.05, 0.1) is 6.04 Å². The Morgan fingerprint density at radius 1 is 1.31 bits per heavy atom. The summed E-state index contributed by atoms with van der Waals surface area (Å²) in [6.07, 6.45) is 3.67. The normalized spacial score (nSPS) is 36.3. The first kappa shape index (κ1) is 12.2. The van der Waals surface area contributed by atoms with Crippen LogP contribution in [0.25, 0.3) is 0 Å². The lowest BCUT2D eigenvalue weighted by molar-refractivity contribution is 0.257. The fourth-order valence-corrected chi connectivity index (χ4v) is 3.64. The first-order valence-corrected chi connectivity index (χ1v) is 7.21. The van der Waals surface area contributed by atoms with Gasteiger partial charge in [0.1, 0.15) is 0 Å². The Kier molecular flexibility index (Phi) is 4.14. The van der Waals surface area contributed by atoms with Crippen molar-refractivity contribution in [3.05, 3.63) is 0 Å². The molecule has 1 N–H and O–H groups in total. The molecule has 2 fully saturated rings. The summed E-state index contributed by atoms with van der Waals surface area (Å²) < 4.78 is 0. The number of hydrogen-bond acceptors (Lipinski definition) is 3. The van der Waals surface area contributed by atoms with Gasteiger partial charge in [0.15, 0.2) is 5.17 Å². The molecule has 0 aromatic heterocycles. The van der Waals surface area contributed by atoms with Gasteiger partial charge < -0.3 is 10.2 Å². The molecule has 2 saturated heterocycles. The number of piperidine rings is 1. The number of rotatable bonds is 1. The SMILES string of the molecule is CC1CC(C)SC(=NC2CCN(C)CC2)N1. The fraction of sp³-hybridized carbons (Fsp3) is 0.917. The van der Waals surface area contributed by atoms with E-state index in [-0.39, 0.29) is 0 Å². The minimum Gasteiger partial charge on any atom is -0.362 e. The molecule has 0 radical (unpaired) electrons.